The number of aryl methyl sites for hydroxylation is 1. The summed E-state index contributed by atoms with van der Waals surface area (Å²) in [5.41, 5.74) is 4.40. The van der Waals surface area contributed by atoms with Crippen molar-refractivity contribution < 1.29 is 4.74 Å². The van der Waals surface area contributed by atoms with Crippen molar-refractivity contribution in [2.45, 2.75) is 69.4 Å². The molecule has 2 heterocycles. The minimum atomic E-state index is 0.116. The molecule has 3 nitrogen and oxygen atoms in total. The van der Waals surface area contributed by atoms with Crippen LogP contribution in [0.3, 0.4) is 0 Å². The molecule has 2 fully saturated rings. The lowest BCUT2D eigenvalue weighted by Crippen LogP contribution is -2.47. The Bertz CT molecular complexity index is 739. The van der Waals surface area contributed by atoms with Crippen molar-refractivity contribution in [2.24, 2.45) is 0 Å². The first-order chi connectivity index (χ1) is 13.2. The maximum atomic E-state index is 6.35. The van der Waals surface area contributed by atoms with Crippen LogP contribution < -0.4 is 5.32 Å². The molecule has 1 atom stereocenters. The van der Waals surface area contributed by atoms with Crippen LogP contribution in [0.4, 0.5) is 0 Å². The number of nitrogens with one attached hydrogen (secondary N) is 1. The van der Waals surface area contributed by atoms with E-state index in [0.717, 1.165) is 39.0 Å². The van der Waals surface area contributed by atoms with Crippen LogP contribution in [0.2, 0.25) is 0 Å². The molecule has 1 aliphatic heterocycles. The Kier molecular flexibility index (Phi) is 5.60. The summed E-state index contributed by atoms with van der Waals surface area (Å²) in [6.45, 7) is 5.00. The predicted molar refractivity (Wildman–Crippen MR) is 110 cm³/mol. The number of hydrogen-bond acceptors (Lipinski definition) is 3. The standard InChI is InChI=1S/C24H32N2O/c1-20-6-4-7-21(16-20)17-26-14-11-23(22-8-5-13-25-18-22)12-15-27-24(19-23)9-2-3-10-24/h4-8,13,16,18,26H,2-3,9-12,14-15,17,19H2,1H3/t23-/m1/s1. The topological polar surface area (TPSA) is 34.2 Å². The first-order valence-corrected chi connectivity index (χ1v) is 10.5. The maximum Gasteiger partial charge on any atom is 0.0691 e. The van der Waals surface area contributed by atoms with Crippen LogP contribution in [0.15, 0.2) is 48.8 Å². The van der Waals surface area contributed by atoms with Gasteiger partial charge in [0.05, 0.1) is 5.60 Å². The average molecular weight is 365 g/mol. The highest BCUT2D eigenvalue weighted by atomic mass is 16.5. The zero-order valence-corrected chi connectivity index (χ0v) is 16.5. The SMILES string of the molecule is Cc1cccc(CNCC[C@@]2(c3cccnc3)CCOC3(CCCC3)C2)c1. The van der Waals surface area contributed by atoms with E-state index in [4.69, 9.17) is 4.74 Å². The van der Waals surface area contributed by atoms with Crippen molar-refractivity contribution in [3.8, 4) is 0 Å². The average Bonchev–Trinajstić information content (AvgIpc) is 3.13. The molecular formula is C24H32N2O. The normalized spacial score (nSPS) is 24.3. The molecule has 144 valence electrons. The summed E-state index contributed by atoms with van der Waals surface area (Å²) in [7, 11) is 0. The Hall–Kier alpha value is -1.71. The van der Waals surface area contributed by atoms with E-state index >= 15 is 0 Å². The lowest BCUT2D eigenvalue weighted by molar-refractivity contribution is -0.103. The number of ether oxygens (including phenoxy) is 1. The van der Waals surface area contributed by atoms with Crippen molar-refractivity contribution in [1.82, 2.24) is 10.3 Å². The Labute approximate surface area is 163 Å². The predicted octanol–water partition coefficient (Wildman–Crippen LogP) is 4.93. The second-order valence-corrected chi connectivity index (χ2v) is 8.60. The fourth-order valence-corrected chi connectivity index (χ4v) is 5.22. The molecule has 0 bridgehead atoms. The highest BCUT2D eigenvalue weighted by molar-refractivity contribution is 5.25. The summed E-state index contributed by atoms with van der Waals surface area (Å²) in [6.07, 6.45) is 12.5. The molecular weight excluding hydrogens is 332 g/mol. The van der Waals surface area contributed by atoms with Gasteiger partial charge in [-0.15, -0.1) is 0 Å². The second-order valence-electron chi connectivity index (χ2n) is 8.60. The Morgan fingerprint density at radius 2 is 2.00 bits per heavy atom. The second kappa shape index (κ2) is 8.12. The van der Waals surface area contributed by atoms with Gasteiger partial charge >= 0.3 is 0 Å². The molecule has 0 amide bonds. The molecule has 4 rings (SSSR count). The Morgan fingerprint density at radius 3 is 2.78 bits per heavy atom. The number of rotatable bonds is 6. The molecule has 1 N–H and O–H groups in total. The Balaban J connectivity index is 1.45. The first kappa shape index (κ1) is 18.6. The molecule has 1 saturated carbocycles. The summed E-state index contributed by atoms with van der Waals surface area (Å²) in [5, 5.41) is 3.69. The fraction of sp³-hybridized carbons (Fsp3) is 0.542. The summed E-state index contributed by atoms with van der Waals surface area (Å²) in [5.74, 6) is 0. The van der Waals surface area contributed by atoms with E-state index < -0.39 is 0 Å². The van der Waals surface area contributed by atoms with Gasteiger partial charge in [-0.25, -0.2) is 0 Å². The van der Waals surface area contributed by atoms with Crippen LogP contribution in [0.25, 0.3) is 0 Å². The molecule has 0 radical (unpaired) electrons. The van der Waals surface area contributed by atoms with Crippen LogP contribution in [0.5, 0.6) is 0 Å². The van der Waals surface area contributed by atoms with Crippen LogP contribution in [0, 0.1) is 6.92 Å². The number of benzene rings is 1. The van der Waals surface area contributed by atoms with Crippen molar-refractivity contribution in [3.05, 3.63) is 65.5 Å². The monoisotopic (exact) mass is 364 g/mol. The highest BCUT2D eigenvalue weighted by Crippen LogP contribution is 2.49. The number of aromatic nitrogens is 1. The van der Waals surface area contributed by atoms with Crippen LogP contribution >= 0.6 is 0 Å². The fourth-order valence-electron chi connectivity index (χ4n) is 5.22. The van der Waals surface area contributed by atoms with Gasteiger partial charge in [0, 0.05) is 31.0 Å². The molecule has 27 heavy (non-hydrogen) atoms. The van der Waals surface area contributed by atoms with Gasteiger partial charge in [-0.05, 0) is 62.8 Å². The summed E-state index contributed by atoms with van der Waals surface area (Å²) >= 11 is 0. The zero-order chi connectivity index (χ0) is 18.6. The van der Waals surface area contributed by atoms with Gasteiger partial charge in [0.1, 0.15) is 0 Å². The number of nitrogens with zero attached hydrogens (tertiary/aromatic N) is 1. The van der Waals surface area contributed by atoms with Gasteiger partial charge in [0.15, 0.2) is 0 Å². The molecule has 1 spiro atoms. The summed E-state index contributed by atoms with van der Waals surface area (Å²) in [4.78, 5) is 4.44. The third kappa shape index (κ3) is 4.25. The molecule has 1 aromatic heterocycles. The molecule has 1 saturated heterocycles. The number of hydrogen-bond donors (Lipinski definition) is 1. The van der Waals surface area contributed by atoms with Crippen molar-refractivity contribution in [1.29, 1.82) is 0 Å². The Morgan fingerprint density at radius 1 is 1.11 bits per heavy atom. The van der Waals surface area contributed by atoms with E-state index in [-0.39, 0.29) is 11.0 Å². The van der Waals surface area contributed by atoms with E-state index in [9.17, 15) is 0 Å². The first-order valence-electron chi connectivity index (χ1n) is 10.5. The summed E-state index contributed by atoms with van der Waals surface area (Å²) in [6, 6.07) is 13.1. The zero-order valence-electron chi connectivity index (χ0n) is 16.5. The molecule has 0 unspecified atom stereocenters. The van der Waals surface area contributed by atoms with Crippen molar-refractivity contribution >= 4 is 0 Å². The maximum absolute atomic E-state index is 6.35. The van der Waals surface area contributed by atoms with E-state index in [0.29, 0.717) is 0 Å². The van der Waals surface area contributed by atoms with Gasteiger partial charge in [-0.3, -0.25) is 4.98 Å². The quantitative estimate of drug-likeness (QED) is 0.738. The number of pyridine rings is 1. The van der Waals surface area contributed by atoms with E-state index in [1.54, 1.807) is 0 Å². The molecule has 1 aliphatic carbocycles. The van der Waals surface area contributed by atoms with Gasteiger partial charge in [0.2, 0.25) is 0 Å². The molecule has 3 heteroatoms. The lowest BCUT2D eigenvalue weighted by Gasteiger charge is -2.47. The van der Waals surface area contributed by atoms with Crippen LogP contribution in [0.1, 0.15) is 61.6 Å². The minimum absolute atomic E-state index is 0.116. The third-order valence-electron chi connectivity index (χ3n) is 6.63. The van der Waals surface area contributed by atoms with Gasteiger partial charge < -0.3 is 10.1 Å². The van der Waals surface area contributed by atoms with Gasteiger partial charge in [0.25, 0.3) is 0 Å². The molecule has 1 aromatic carbocycles. The third-order valence-corrected chi connectivity index (χ3v) is 6.63. The van der Waals surface area contributed by atoms with Crippen molar-refractivity contribution in [2.75, 3.05) is 13.2 Å². The van der Waals surface area contributed by atoms with Gasteiger partial charge in [-0.2, -0.15) is 0 Å². The smallest absolute Gasteiger partial charge is 0.0691 e. The molecule has 2 aliphatic rings. The van der Waals surface area contributed by atoms with Crippen LogP contribution in [-0.4, -0.2) is 23.7 Å². The summed E-state index contributed by atoms with van der Waals surface area (Å²) < 4.78 is 6.35. The van der Waals surface area contributed by atoms with Gasteiger partial charge in [-0.1, -0.05) is 48.7 Å². The largest absolute Gasteiger partial charge is 0.375 e. The molecule has 2 aromatic rings. The van der Waals surface area contributed by atoms with E-state index in [2.05, 4.69) is 59.8 Å². The van der Waals surface area contributed by atoms with Crippen LogP contribution in [-0.2, 0) is 16.7 Å². The highest BCUT2D eigenvalue weighted by Gasteiger charge is 2.47. The van der Waals surface area contributed by atoms with Crippen molar-refractivity contribution in [3.63, 3.8) is 0 Å². The van der Waals surface area contributed by atoms with E-state index in [1.807, 2.05) is 6.20 Å². The minimum Gasteiger partial charge on any atom is -0.375 e. The lowest BCUT2D eigenvalue weighted by atomic mass is 9.66. The van der Waals surface area contributed by atoms with E-state index in [1.165, 1.54) is 42.4 Å².